The third-order valence-electron chi connectivity index (χ3n) is 3.30. The fourth-order valence-electron chi connectivity index (χ4n) is 1.95. The second-order valence-electron chi connectivity index (χ2n) is 5.15. The number of esters is 1. The number of aliphatic hydroxyl groups excluding tert-OH is 1. The van der Waals surface area contributed by atoms with Gasteiger partial charge in [-0.1, -0.05) is 11.6 Å². The van der Waals surface area contributed by atoms with E-state index in [4.69, 9.17) is 22.1 Å². The van der Waals surface area contributed by atoms with Crippen molar-refractivity contribution < 1.29 is 32.2 Å². The number of ether oxygens (including phenoxy) is 1. The summed E-state index contributed by atoms with van der Waals surface area (Å²) in [6, 6.07) is 1.34. The molecule has 6 nitrogen and oxygen atoms in total. The molecule has 28 heavy (non-hydrogen) atoms. The van der Waals surface area contributed by atoms with E-state index in [-0.39, 0.29) is 18.1 Å². The zero-order chi connectivity index (χ0) is 21.0. The lowest BCUT2D eigenvalue weighted by atomic mass is 10.1. The Morgan fingerprint density at radius 3 is 2.57 bits per heavy atom. The van der Waals surface area contributed by atoms with E-state index in [0.29, 0.717) is 6.07 Å². The summed E-state index contributed by atoms with van der Waals surface area (Å²) in [5.41, 5.74) is 3.47. The summed E-state index contributed by atoms with van der Waals surface area (Å²) in [6.07, 6.45) is 1.49. The minimum Gasteiger partial charge on any atom is -0.506 e. The Morgan fingerprint density at radius 1 is 1.29 bits per heavy atom. The zero-order valence-corrected chi connectivity index (χ0v) is 14.9. The monoisotopic (exact) mass is 417 g/mol. The molecule has 0 aliphatic carbocycles. The van der Waals surface area contributed by atoms with Gasteiger partial charge in [0.15, 0.2) is 29.1 Å². The Labute approximate surface area is 160 Å². The second kappa shape index (κ2) is 8.70. The van der Waals surface area contributed by atoms with Gasteiger partial charge in [0, 0.05) is 12.3 Å². The highest BCUT2D eigenvalue weighted by atomic mass is 35.5. The maximum atomic E-state index is 14.2. The average molecular weight is 418 g/mol. The molecule has 148 valence electrons. The molecule has 0 saturated heterocycles. The lowest BCUT2D eigenvalue weighted by Gasteiger charge is -2.09. The van der Waals surface area contributed by atoms with Crippen molar-refractivity contribution in [3.63, 3.8) is 0 Å². The number of halogens is 5. The first-order chi connectivity index (χ1) is 13.2. The molecule has 2 rings (SSSR count). The Balaban J connectivity index is 2.60. The van der Waals surface area contributed by atoms with E-state index in [2.05, 4.69) is 9.98 Å². The zero-order valence-electron chi connectivity index (χ0n) is 14.1. The number of benzene rings is 1. The summed E-state index contributed by atoms with van der Waals surface area (Å²) >= 11 is 5.35. The molecule has 0 unspecified atom stereocenters. The average Bonchev–Trinajstić information content (AvgIpc) is 2.66. The van der Waals surface area contributed by atoms with Crippen LogP contribution in [-0.2, 0) is 9.53 Å². The highest BCUT2D eigenvalue weighted by Crippen LogP contribution is 2.29. The number of hydrogen-bond acceptors (Lipinski definition) is 6. The normalized spacial score (nSPS) is 12.2. The molecule has 2 aromatic rings. The fraction of sp³-hybridized carbons (Fsp3) is 0.118. The summed E-state index contributed by atoms with van der Waals surface area (Å²) in [5.74, 6) is -7.94. The van der Waals surface area contributed by atoms with Crippen LogP contribution in [0.5, 0.6) is 0 Å². The van der Waals surface area contributed by atoms with E-state index >= 15 is 0 Å². The molecule has 1 heterocycles. The predicted octanol–water partition coefficient (Wildman–Crippen LogP) is 4.11. The molecule has 0 amide bonds. The standard InChI is InChI=1S/C17H12ClF4N3O3/c1-2-28-17(27)8(5-24-12-4-11(23)10(20)6-25-12)16(26)7-3-9(19)15(22)13(18)14(7)21/h3-6,26H,2H2,1H3,(H2,23,25). The van der Waals surface area contributed by atoms with Gasteiger partial charge in [-0.25, -0.2) is 32.3 Å². The van der Waals surface area contributed by atoms with Crippen LogP contribution in [-0.4, -0.2) is 28.9 Å². The summed E-state index contributed by atoms with van der Waals surface area (Å²) in [4.78, 5) is 19.4. The van der Waals surface area contributed by atoms with E-state index in [9.17, 15) is 27.5 Å². The maximum Gasteiger partial charge on any atom is 0.343 e. The molecule has 1 aromatic heterocycles. The first kappa shape index (κ1) is 21.2. The number of rotatable bonds is 5. The molecule has 0 aliphatic heterocycles. The lowest BCUT2D eigenvalue weighted by molar-refractivity contribution is -0.137. The quantitative estimate of drug-likeness (QED) is 0.145. The third kappa shape index (κ3) is 4.39. The Hall–Kier alpha value is -3.14. The van der Waals surface area contributed by atoms with Gasteiger partial charge in [0.05, 0.1) is 24.1 Å². The van der Waals surface area contributed by atoms with E-state index in [1.54, 1.807) is 0 Å². The first-order valence-electron chi connectivity index (χ1n) is 7.56. The summed E-state index contributed by atoms with van der Waals surface area (Å²) in [6.45, 7) is 1.34. The van der Waals surface area contributed by atoms with E-state index < -0.39 is 51.2 Å². The molecule has 11 heteroatoms. The van der Waals surface area contributed by atoms with Crippen LogP contribution in [0.1, 0.15) is 12.5 Å². The summed E-state index contributed by atoms with van der Waals surface area (Å²) in [7, 11) is 0. The van der Waals surface area contributed by atoms with E-state index in [0.717, 1.165) is 18.5 Å². The lowest BCUT2D eigenvalue weighted by Crippen LogP contribution is -2.12. The first-order valence-corrected chi connectivity index (χ1v) is 7.93. The molecule has 3 N–H and O–H groups in total. The minimum atomic E-state index is -1.66. The van der Waals surface area contributed by atoms with E-state index in [1.165, 1.54) is 6.92 Å². The summed E-state index contributed by atoms with van der Waals surface area (Å²) < 4.78 is 58.9. The number of aliphatic hydroxyl groups is 1. The number of nitrogens with zero attached hydrogens (tertiary/aromatic N) is 2. The molecule has 0 saturated carbocycles. The number of pyridine rings is 1. The number of hydrogen-bond donors (Lipinski definition) is 2. The number of carbonyl (C=O) groups is 1. The van der Waals surface area contributed by atoms with Crippen molar-refractivity contribution in [2.75, 3.05) is 12.3 Å². The van der Waals surface area contributed by atoms with Crippen LogP contribution in [0, 0.1) is 23.3 Å². The molecule has 0 fully saturated rings. The van der Waals surface area contributed by atoms with Gasteiger partial charge < -0.3 is 15.6 Å². The van der Waals surface area contributed by atoms with Crippen LogP contribution < -0.4 is 5.73 Å². The van der Waals surface area contributed by atoms with Crippen LogP contribution in [0.25, 0.3) is 5.76 Å². The molecular formula is C17H12ClF4N3O3. The topological polar surface area (TPSA) is 97.8 Å². The predicted molar refractivity (Wildman–Crippen MR) is 94.3 cm³/mol. The van der Waals surface area contributed by atoms with Crippen molar-refractivity contribution in [3.8, 4) is 0 Å². The van der Waals surface area contributed by atoms with Crippen LogP contribution >= 0.6 is 11.6 Å². The van der Waals surface area contributed by atoms with Crippen LogP contribution in [0.15, 0.2) is 28.9 Å². The van der Waals surface area contributed by atoms with E-state index in [1.807, 2.05) is 0 Å². The van der Waals surface area contributed by atoms with Crippen LogP contribution in [0.3, 0.4) is 0 Å². The number of aliphatic imine (C=N–C) groups is 1. The van der Waals surface area contributed by atoms with Gasteiger partial charge in [0.2, 0.25) is 0 Å². The largest absolute Gasteiger partial charge is 0.506 e. The second-order valence-corrected chi connectivity index (χ2v) is 5.53. The highest BCUT2D eigenvalue weighted by molar-refractivity contribution is 6.31. The smallest absolute Gasteiger partial charge is 0.343 e. The molecule has 0 bridgehead atoms. The number of nitrogens with two attached hydrogens (primary N) is 1. The van der Waals surface area contributed by atoms with Gasteiger partial charge in [0.25, 0.3) is 0 Å². The SMILES string of the molecule is CCOC(=O)C(C=Nc1cc(N)c(F)cn1)=C(O)c1cc(F)c(F)c(Cl)c1F. The number of nitrogen functional groups attached to an aromatic ring is 1. The van der Waals surface area contributed by atoms with Crippen molar-refractivity contribution in [2.24, 2.45) is 4.99 Å². The Kier molecular flexibility index (Phi) is 6.57. The number of anilines is 1. The minimum absolute atomic E-state index is 0.119. The summed E-state index contributed by atoms with van der Waals surface area (Å²) in [5, 5.41) is 9.06. The van der Waals surface area contributed by atoms with Gasteiger partial charge in [-0.3, -0.25) is 0 Å². The molecule has 0 atom stereocenters. The van der Waals surface area contributed by atoms with Gasteiger partial charge in [-0.2, -0.15) is 0 Å². The van der Waals surface area contributed by atoms with Gasteiger partial charge in [-0.15, -0.1) is 0 Å². The van der Waals surface area contributed by atoms with Crippen molar-refractivity contribution in [2.45, 2.75) is 6.92 Å². The number of aromatic nitrogens is 1. The maximum absolute atomic E-state index is 14.2. The third-order valence-corrected chi connectivity index (χ3v) is 3.64. The van der Waals surface area contributed by atoms with Gasteiger partial charge >= 0.3 is 5.97 Å². The molecular weight excluding hydrogens is 406 g/mol. The van der Waals surface area contributed by atoms with Crippen molar-refractivity contribution >= 4 is 41.0 Å². The van der Waals surface area contributed by atoms with Crippen LogP contribution in [0.2, 0.25) is 5.02 Å². The Morgan fingerprint density at radius 2 is 1.96 bits per heavy atom. The number of carbonyl (C=O) groups excluding carboxylic acids is 1. The molecule has 0 radical (unpaired) electrons. The molecule has 0 aliphatic rings. The fourth-order valence-corrected chi connectivity index (χ4v) is 2.15. The molecule has 0 spiro atoms. The van der Waals surface area contributed by atoms with Crippen molar-refractivity contribution in [1.29, 1.82) is 0 Å². The van der Waals surface area contributed by atoms with Gasteiger partial charge in [-0.05, 0) is 13.0 Å². The van der Waals surface area contributed by atoms with Crippen molar-refractivity contribution in [1.82, 2.24) is 4.98 Å². The highest BCUT2D eigenvalue weighted by Gasteiger charge is 2.24. The molecule has 1 aromatic carbocycles. The van der Waals surface area contributed by atoms with Crippen molar-refractivity contribution in [3.05, 3.63) is 57.8 Å². The van der Waals surface area contributed by atoms with Gasteiger partial charge in [0.1, 0.15) is 16.4 Å². The Bertz CT molecular complexity index is 996. The van der Waals surface area contributed by atoms with Crippen LogP contribution in [0.4, 0.5) is 29.1 Å².